The van der Waals surface area contributed by atoms with Gasteiger partial charge in [-0.3, -0.25) is 5.43 Å². The van der Waals surface area contributed by atoms with Crippen molar-refractivity contribution in [2.45, 2.75) is 38.6 Å². The number of nitrogens with one attached hydrogen (secondary N) is 2. The molecule has 5 nitrogen and oxygen atoms in total. The summed E-state index contributed by atoms with van der Waals surface area (Å²) in [5, 5.41) is 6.72. The van der Waals surface area contributed by atoms with Crippen molar-refractivity contribution in [1.82, 2.24) is 9.97 Å². The van der Waals surface area contributed by atoms with Crippen LogP contribution in [0.15, 0.2) is 11.4 Å². The highest BCUT2D eigenvalue weighted by atomic mass is 32.1. The molecule has 2 heterocycles. The van der Waals surface area contributed by atoms with Gasteiger partial charge in [0.1, 0.15) is 10.6 Å². The van der Waals surface area contributed by atoms with E-state index >= 15 is 0 Å². The minimum absolute atomic E-state index is 0.473. The molecule has 0 saturated heterocycles. The van der Waals surface area contributed by atoms with Gasteiger partial charge in [-0.05, 0) is 30.2 Å². The fourth-order valence-electron chi connectivity index (χ4n) is 2.74. The average molecular weight is 277 g/mol. The normalized spacial score (nSPS) is 23.5. The first-order valence-electron chi connectivity index (χ1n) is 6.76. The lowest BCUT2D eigenvalue weighted by Gasteiger charge is -2.30. The minimum atomic E-state index is 0.473. The number of aromatic nitrogens is 2. The first-order valence-corrected chi connectivity index (χ1v) is 7.64. The lowest BCUT2D eigenvalue weighted by atomic mass is 9.86. The van der Waals surface area contributed by atoms with E-state index in [0.717, 1.165) is 16.0 Å². The van der Waals surface area contributed by atoms with Crippen LogP contribution in [0.4, 0.5) is 11.8 Å². The maximum atomic E-state index is 5.44. The Kier molecular flexibility index (Phi) is 3.52. The second-order valence-corrected chi connectivity index (χ2v) is 6.09. The molecule has 1 aliphatic carbocycles. The number of nitrogens with two attached hydrogens (primary N) is 1. The van der Waals surface area contributed by atoms with Crippen LogP contribution < -0.4 is 16.6 Å². The topological polar surface area (TPSA) is 75.9 Å². The number of fused-ring (bicyclic) bond motifs is 1. The molecule has 0 spiro atoms. The Morgan fingerprint density at radius 2 is 2.16 bits per heavy atom. The van der Waals surface area contributed by atoms with Crippen molar-refractivity contribution in [3.05, 3.63) is 11.4 Å². The smallest absolute Gasteiger partial charge is 0.240 e. The van der Waals surface area contributed by atoms with Gasteiger partial charge < -0.3 is 5.32 Å². The van der Waals surface area contributed by atoms with Crippen LogP contribution in [0, 0.1) is 5.92 Å². The molecular weight excluding hydrogens is 258 g/mol. The molecule has 2 unspecified atom stereocenters. The van der Waals surface area contributed by atoms with E-state index in [4.69, 9.17) is 5.84 Å². The van der Waals surface area contributed by atoms with Crippen molar-refractivity contribution in [3.63, 3.8) is 0 Å². The summed E-state index contributed by atoms with van der Waals surface area (Å²) in [5.41, 5.74) is 2.54. The van der Waals surface area contributed by atoms with Gasteiger partial charge in [0.2, 0.25) is 5.95 Å². The van der Waals surface area contributed by atoms with E-state index in [1.165, 1.54) is 25.7 Å². The average Bonchev–Trinajstić information content (AvgIpc) is 2.89. The Hall–Kier alpha value is -1.40. The predicted octanol–water partition coefficient (Wildman–Crippen LogP) is 2.97. The van der Waals surface area contributed by atoms with Crippen molar-refractivity contribution in [2.24, 2.45) is 11.8 Å². The Morgan fingerprint density at radius 3 is 2.95 bits per heavy atom. The van der Waals surface area contributed by atoms with Crippen LogP contribution in [0.5, 0.6) is 0 Å². The first-order chi connectivity index (χ1) is 9.28. The van der Waals surface area contributed by atoms with Crippen LogP contribution in [0.3, 0.4) is 0 Å². The number of thiophene rings is 1. The van der Waals surface area contributed by atoms with Gasteiger partial charge in [0.25, 0.3) is 0 Å². The molecule has 1 aliphatic rings. The number of nitrogen functional groups attached to an aromatic ring is 1. The Balaban J connectivity index is 1.92. The van der Waals surface area contributed by atoms with E-state index in [1.807, 2.05) is 5.38 Å². The highest BCUT2D eigenvalue weighted by Crippen LogP contribution is 2.31. The summed E-state index contributed by atoms with van der Waals surface area (Å²) in [7, 11) is 0. The molecule has 4 N–H and O–H groups in total. The van der Waals surface area contributed by atoms with E-state index < -0.39 is 0 Å². The number of nitrogens with zero attached hydrogens (tertiary/aromatic N) is 2. The molecule has 2 aromatic heterocycles. The SMILES string of the molecule is CC1CCCCC1Nc1nc(NN)nc2sccc12. The zero-order valence-corrected chi connectivity index (χ0v) is 11.8. The molecule has 19 heavy (non-hydrogen) atoms. The number of anilines is 2. The van der Waals surface area contributed by atoms with Crippen LogP contribution in [0.25, 0.3) is 10.2 Å². The Morgan fingerprint density at radius 1 is 1.32 bits per heavy atom. The fraction of sp³-hybridized carbons (Fsp3) is 0.538. The number of hydrogen-bond donors (Lipinski definition) is 3. The highest BCUT2D eigenvalue weighted by Gasteiger charge is 2.22. The first kappa shape index (κ1) is 12.6. The predicted molar refractivity (Wildman–Crippen MR) is 80.3 cm³/mol. The van der Waals surface area contributed by atoms with E-state index in [-0.39, 0.29) is 0 Å². The van der Waals surface area contributed by atoms with E-state index in [0.29, 0.717) is 17.9 Å². The Labute approximate surface area is 116 Å². The van der Waals surface area contributed by atoms with Crippen molar-refractivity contribution in [1.29, 1.82) is 0 Å². The van der Waals surface area contributed by atoms with Gasteiger partial charge in [-0.15, -0.1) is 11.3 Å². The highest BCUT2D eigenvalue weighted by molar-refractivity contribution is 7.16. The molecular formula is C13H19N5S. The Bertz CT molecular complexity index is 567. The van der Waals surface area contributed by atoms with Gasteiger partial charge in [0, 0.05) is 6.04 Å². The van der Waals surface area contributed by atoms with Gasteiger partial charge >= 0.3 is 0 Å². The summed E-state index contributed by atoms with van der Waals surface area (Å²) in [5.74, 6) is 7.50. The molecule has 3 rings (SSSR count). The monoisotopic (exact) mass is 277 g/mol. The zero-order chi connectivity index (χ0) is 13.2. The molecule has 6 heteroatoms. The summed E-state index contributed by atoms with van der Waals surface area (Å²) in [6, 6.07) is 2.56. The number of rotatable bonds is 3. The molecule has 0 amide bonds. The van der Waals surface area contributed by atoms with Crippen LogP contribution in [-0.4, -0.2) is 16.0 Å². The molecule has 2 aromatic rings. The van der Waals surface area contributed by atoms with Crippen molar-refractivity contribution < 1.29 is 0 Å². The van der Waals surface area contributed by atoms with Gasteiger partial charge in [0.05, 0.1) is 5.39 Å². The van der Waals surface area contributed by atoms with E-state index in [1.54, 1.807) is 11.3 Å². The van der Waals surface area contributed by atoms with Crippen molar-refractivity contribution >= 4 is 33.3 Å². The molecule has 0 bridgehead atoms. The molecule has 0 radical (unpaired) electrons. The zero-order valence-electron chi connectivity index (χ0n) is 11.0. The lowest BCUT2D eigenvalue weighted by Crippen LogP contribution is -2.30. The summed E-state index contributed by atoms with van der Waals surface area (Å²) >= 11 is 1.61. The third-order valence-corrected chi connectivity index (χ3v) is 4.69. The van der Waals surface area contributed by atoms with Gasteiger partial charge in [0.15, 0.2) is 0 Å². The van der Waals surface area contributed by atoms with Gasteiger partial charge in [-0.2, -0.15) is 4.98 Å². The molecule has 2 atom stereocenters. The van der Waals surface area contributed by atoms with Crippen LogP contribution in [0.1, 0.15) is 32.6 Å². The van der Waals surface area contributed by atoms with Gasteiger partial charge in [-0.25, -0.2) is 10.8 Å². The van der Waals surface area contributed by atoms with Crippen molar-refractivity contribution in [3.8, 4) is 0 Å². The second-order valence-electron chi connectivity index (χ2n) is 5.19. The van der Waals surface area contributed by atoms with Gasteiger partial charge in [-0.1, -0.05) is 19.8 Å². The summed E-state index contributed by atoms with van der Waals surface area (Å²) in [4.78, 5) is 9.79. The number of hydrogen-bond acceptors (Lipinski definition) is 6. The summed E-state index contributed by atoms with van der Waals surface area (Å²) < 4.78 is 0. The fourth-order valence-corrected chi connectivity index (χ4v) is 3.50. The van der Waals surface area contributed by atoms with Crippen LogP contribution >= 0.6 is 11.3 Å². The maximum Gasteiger partial charge on any atom is 0.240 e. The third kappa shape index (κ3) is 2.50. The van der Waals surface area contributed by atoms with E-state index in [9.17, 15) is 0 Å². The largest absolute Gasteiger partial charge is 0.366 e. The molecule has 1 saturated carbocycles. The quantitative estimate of drug-likeness (QED) is 0.594. The lowest BCUT2D eigenvalue weighted by molar-refractivity contribution is 0.349. The maximum absolute atomic E-state index is 5.44. The van der Waals surface area contributed by atoms with Crippen LogP contribution in [-0.2, 0) is 0 Å². The standard InChI is InChI=1S/C13H19N5S/c1-8-4-2-3-5-10(8)15-11-9-6-7-19-12(9)17-13(16-11)18-14/h6-8,10H,2-5,14H2,1H3,(H2,15,16,17,18). The van der Waals surface area contributed by atoms with Crippen molar-refractivity contribution in [2.75, 3.05) is 10.7 Å². The third-order valence-electron chi connectivity index (χ3n) is 3.89. The van der Waals surface area contributed by atoms with E-state index in [2.05, 4.69) is 33.7 Å². The summed E-state index contributed by atoms with van der Waals surface area (Å²) in [6.45, 7) is 2.31. The molecule has 0 aromatic carbocycles. The molecule has 0 aliphatic heterocycles. The molecule has 102 valence electrons. The summed E-state index contributed by atoms with van der Waals surface area (Å²) in [6.07, 6.45) is 5.13. The molecule has 1 fully saturated rings. The second kappa shape index (κ2) is 5.30. The number of hydrazine groups is 1. The van der Waals surface area contributed by atoms with Crippen LogP contribution in [0.2, 0.25) is 0 Å². The minimum Gasteiger partial charge on any atom is -0.366 e.